The molecule has 11 heavy (non-hydrogen) atoms. The van der Waals surface area contributed by atoms with Gasteiger partial charge in [-0.3, -0.25) is 4.79 Å². The van der Waals surface area contributed by atoms with Crippen molar-refractivity contribution in [2.24, 2.45) is 0 Å². The Hall–Kier alpha value is 0.200. The molecule has 58 valence electrons. The van der Waals surface area contributed by atoms with Crippen LogP contribution in [-0.2, 0) is 0 Å². The summed E-state index contributed by atoms with van der Waals surface area (Å²) < 4.78 is 0.775. The molecule has 0 saturated heterocycles. The Balaban J connectivity index is 3.31. The molecule has 0 spiro atoms. The summed E-state index contributed by atoms with van der Waals surface area (Å²) in [5.41, 5.74) is 0.500. The first-order valence-corrected chi connectivity index (χ1v) is 4.58. The van der Waals surface area contributed by atoms with Crippen LogP contribution in [0.25, 0.3) is 0 Å². The molecule has 0 unspecified atom stereocenters. The number of carbonyl (C=O) groups is 1. The molecule has 0 fully saturated rings. The van der Waals surface area contributed by atoms with Crippen molar-refractivity contribution in [1.82, 2.24) is 0 Å². The van der Waals surface area contributed by atoms with E-state index in [1.54, 1.807) is 12.1 Å². The third-order valence-corrected chi connectivity index (χ3v) is 3.54. The minimum Gasteiger partial charge on any atom is -0.298 e. The highest BCUT2D eigenvalue weighted by Gasteiger charge is 2.03. The van der Waals surface area contributed by atoms with Crippen LogP contribution >= 0.6 is 45.8 Å². The Bertz CT molecular complexity index is 275. The summed E-state index contributed by atoms with van der Waals surface area (Å²) in [5.74, 6) is 0. The molecule has 0 N–H and O–H groups in total. The monoisotopic (exact) mass is 300 g/mol. The third kappa shape index (κ3) is 2.07. The van der Waals surface area contributed by atoms with Crippen LogP contribution in [0.4, 0.5) is 0 Å². The first-order chi connectivity index (χ1) is 5.15. The maximum absolute atomic E-state index is 10.3. The molecule has 0 bridgehead atoms. The van der Waals surface area contributed by atoms with Gasteiger partial charge in [-0.25, -0.2) is 0 Å². The van der Waals surface area contributed by atoms with E-state index in [2.05, 4.69) is 0 Å². The zero-order chi connectivity index (χ0) is 8.43. The van der Waals surface area contributed by atoms with Gasteiger partial charge >= 0.3 is 0 Å². The van der Waals surface area contributed by atoms with Crippen molar-refractivity contribution < 1.29 is 4.79 Å². The lowest BCUT2D eigenvalue weighted by Crippen LogP contribution is -1.83. The van der Waals surface area contributed by atoms with Gasteiger partial charge in [0.25, 0.3) is 0 Å². The Kier molecular flexibility index (Phi) is 3.16. The normalized spacial score (nSPS) is 9.73. The Morgan fingerprint density at radius 2 is 1.73 bits per heavy atom. The molecule has 4 heteroatoms. The number of carbonyl (C=O) groups excluding carboxylic acids is 1. The van der Waals surface area contributed by atoms with E-state index in [0.717, 1.165) is 3.57 Å². The molecule has 0 amide bonds. The quantitative estimate of drug-likeness (QED) is 0.441. The molecule has 1 rings (SSSR count). The second kappa shape index (κ2) is 3.74. The van der Waals surface area contributed by atoms with Crippen LogP contribution in [0.5, 0.6) is 0 Å². The summed E-state index contributed by atoms with van der Waals surface area (Å²) in [7, 11) is 0. The van der Waals surface area contributed by atoms with Gasteiger partial charge in [-0.2, -0.15) is 0 Å². The first-order valence-electron chi connectivity index (χ1n) is 2.75. The summed E-state index contributed by atoms with van der Waals surface area (Å²) >= 11 is 13.5. The zero-order valence-electron chi connectivity index (χ0n) is 5.27. The molecule has 0 aliphatic rings. The average Bonchev–Trinajstić information content (AvgIpc) is 1.99. The second-order valence-corrected chi connectivity index (χ2v) is 3.81. The van der Waals surface area contributed by atoms with E-state index in [9.17, 15) is 4.79 Å². The van der Waals surface area contributed by atoms with Crippen molar-refractivity contribution in [3.63, 3.8) is 0 Å². The summed E-state index contributed by atoms with van der Waals surface area (Å²) in [4.78, 5) is 10.3. The van der Waals surface area contributed by atoms with E-state index >= 15 is 0 Å². The van der Waals surface area contributed by atoms with Crippen LogP contribution < -0.4 is 0 Å². The fraction of sp³-hybridized carbons (Fsp3) is 0. The fourth-order valence-electron chi connectivity index (χ4n) is 0.643. The van der Waals surface area contributed by atoms with E-state index in [-0.39, 0.29) is 0 Å². The van der Waals surface area contributed by atoms with E-state index in [0.29, 0.717) is 21.9 Å². The van der Waals surface area contributed by atoms with Crippen molar-refractivity contribution in [3.8, 4) is 0 Å². The zero-order valence-corrected chi connectivity index (χ0v) is 8.94. The summed E-state index contributed by atoms with van der Waals surface area (Å²) in [6.45, 7) is 0. The smallest absolute Gasteiger partial charge is 0.150 e. The summed E-state index contributed by atoms with van der Waals surface area (Å²) in [6.07, 6.45) is 0.716. The van der Waals surface area contributed by atoms with Crippen molar-refractivity contribution in [2.75, 3.05) is 0 Å². The number of halogens is 3. The molecule has 1 aromatic rings. The van der Waals surface area contributed by atoms with Crippen LogP contribution in [0.2, 0.25) is 10.0 Å². The molecule has 0 radical (unpaired) electrons. The molecule has 0 aliphatic heterocycles. The number of benzene rings is 1. The molecular formula is C7H3Cl2IO. The van der Waals surface area contributed by atoms with Crippen LogP contribution in [0.15, 0.2) is 12.1 Å². The largest absolute Gasteiger partial charge is 0.298 e. The van der Waals surface area contributed by atoms with E-state index < -0.39 is 0 Å². The minimum absolute atomic E-state index is 0.500. The van der Waals surface area contributed by atoms with E-state index in [4.69, 9.17) is 23.2 Å². The molecule has 0 saturated carbocycles. The predicted octanol–water partition coefficient (Wildman–Crippen LogP) is 3.41. The van der Waals surface area contributed by atoms with E-state index in [1.165, 1.54) is 0 Å². The van der Waals surface area contributed by atoms with E-state index in [1.807, 2.05) is 22.6 Å². The molecule has 0 atom stereocenters. The van der Waals surface area contributed by atoms with Gasteiger partial charge in [0.15, 0.2) is 0 Å². The van der Waals surface area contributed by atoms with Gasteiger partial charge in [-0.1, -0.05) is 23.2 Å². The average molecular weight is 301 g/mol. The first kappa shape index (κ1) is 9.29. The molecule has 1 aromatic carbocycles. The SMILES string of the molecule is O=Cc1cc(Cl)c(I)c(Cl)c1. The van der Waals surface area contributed by atoms with Crippen molar-refractivity contribution in [1.29, 1.82) is 0 Å². The number of hydrogen-bond acceptors (Lipinski definition) is 1. The lowest BCUT2D eigenvalue weighted by atomic mass is 10.2. The Morgan fingerprint density at radius 1 is 1.27 bits per heavy atom. The van der Waals surface area contributed by atoms with Gasteiger partial charge in [0.05, 0.1) is 13.6 Å². The number of rotatable bonds is 1. The summed E-state index contributed by atoms with van der Waals surface area (Å²) in [5, 5.41) is 1.03. The van der Waals surface area contributed by atoms with Crippen molar-refractivity contribution in [2.45, 2.75) is 0 Å². The highest BCUT2D eigenvalue weighted by molar-refractivity contribution is 14.1. The van der Waals surface area contributed by atoms with Gasteiger partial charge in [0, 0.05) is 5.56 Å². The van der Waals surface area contributed by atoms with Gasteiger partial charge in [-0.05, 0) is 34.7 Å². The number of hydrogen-bond donors (Lipinski definition) is 0. The van der Waals surface area contributed by atoms with Crippen LogP contribution in [-0.4, -0.2) is 6.29 Å². The van der Waals surface area contributed by atoms with Crippen molar-refractivity contribution >= 4 is 52.1 Å². The topological polar surface area (TPSA) is 17.1 Å². The lowest BCUT2D eigenvalue weighted by Gasteiger charge is -1.98. The van der Waals surface area contributed by atoms with Crippen molar-refractivity contribution in [3.05, 3.63) is 31.3 Å². The summed E-state index contributed by atoms with van der Waals surface area (Å²) in [6, 6.07) is 3.17. The van der Waals surface area contributed by atoms with Gasteiger partial charge < -0.3 is 0 Å². The molecule has 1 nitrogen and oxygen atoms in total. The van der Waals surface area contributed by atoms with Crippen LogP contribution in [0, 0.1) is 3.57 Å². The molecular weight excluding hydrogens is 298 g/mol. The van der Waals surface area contributed by atoms with Gasteiger partial charge in [-0.15, -0.1) is 0 Å². The standard InChI is InChI=1S/C7H3Cl2IO/c8-5-1-4(3-11)2-6(9)7(5)10/h1-3H. The highest BCUT2D eigenvalue weighted by Crippen LogP contribution is 2.27. The third-order valence-electron chi connectivity index (χ3n) is 1.14. The second-order valence-electron chi connectivity index (χ2n) is 1.92. The number of aldehydes is 1. The maximum atomic E-state index is 10.3. The van der Waals surface area contributed by atoms with Gasteiger partial charge in [0.1, 0.15) is 6.29 Å². The Morgan fingerprint density at radius 3 is 2.09 bits per heavy atom. The Labute approximate surface area is 87.8 Å². The lowest BCUT2D eigenvalue weighted by molar-refractivity contribution is 0.112. The predicted molar refractivity (Wildman–Crippen MR) is 54.6 cm³/mol. The molecule has 0 heterocycles. The molecule has 0 aromatic heterocycles. The minimum atomic E-state index is 0.500. The highest BCUT2D eigenvalue weighted by atomic mass is 127. The fourth-order valence-corrected chi connectivity index (χ4v) is 1.46. The molecule has 0 aliphatic carbocycles. The van der Waals surface area contributed by atoms with Gasteiger partial charge in [0.2, 0.25) is 0 Å². The maximum Gasteiger partial charge on any atom is 0.150 e. The van der Waals surface area contributed by atoms with Crippen LogP contribution in [0.3, 0.4) is 0 Å². The van der Waals surface area contributed by atoms with Crippen LogP contribution in [0.1, 0.15) is 10.4 Å².